The standard InChI is InChI=1S/C20H26ClNO2/c1-12(23)22-18-19(2,3)13-10-15-17(14-6-4-5-7-16(14)21)24-9-8-20(15,18)11-13/h4-7,13,15,17-18H,8-11H2,1-3H3,(H,22,23)/t13-,15-,17-,18+,20-/m1/s1. The van der Waals surface area contributed by atoms with Crippen LogP contribution in [0.2, 0.25) is 5.02 Å². The molecule has 24 heavy (non-hydrogen) atoms. The van der Waals surface area contributed by atoms with Crippen LogP contribution in [0, 0.1) is 22.7 Å². The molecule has 5 atom stereocenters. The van der Waals surface area contributed by atoms with Crippen LogP contribution in [0.1, 0.15) is 51.7 Å². The summed E-state index contributed by atoms with van der Waals surface area (Å²) < 4.78 is 6.23. The summed E-state index contributed by atoms with van der Waals surface area (Å²) in [6.45, 7) is 7.02. The molecule has 1 aliphatic heterocycles. The summed E-state index contributed by atoms with van der Waals surface area (Å²) in [5, 5.41) is 4.10. The van der Waals surface area contributed by atoms with Crippen molar-refractivity contribution in [2.45, 2.75) is 52.2 Å². The Balaban J connectivity index is 1.74. The Kier molecular flexibility index (Phi) is 3.74. The first kappa shape index (κ1) is 16.4. The Morgan fingerprint density at radius 1 is 1.33 bits per heavy atom. The van der Waals surface area contributed by atoms with Crippen LogP contribution < -0.4 is 5.32 Å². The Labute approximate surface area is 149 Å². The monoisotopic (exact) mass is 347 g/mol. The van der Waals surface area contributed by atoms with Gasteiger partial charge in [0, 0.05) is 24.6 Å². The summed E-state index contributed by atoms with van der Waals surface area (Å²) in [6.07, 6.45) is 3.44. The van der Waals surface area contributed by atoms with Crippen LogP contribution in [-0.4, -0.2) is 18.6 Å². The molecule has 0 unspecified atom stereocenters. The highest BCUT2D eigenvalue weighted by atomic mass is 35.5. The molecule has 2 saturated carbocycles. The molecule has 4 rings (SSSR count). The fraction of sp³-hybridized carbons (Fsp3) is 0.650. The van der Waals surface area contributed by atoms with Crippen molar-refractivity contribution in [1.82, 2.24) is 5.32 Å². The second kappa shape index (κ2) is 5.47. The van der Waals surface area contributed by atoms with Gasteiger partial charge in [0.05, 0.1) is 6.10 Å². The Hall–Kier alpha value is -1.06. The van der Waals surface area contributed by atoms with E-state index in [1.165, 1.54) is 12.8 Å². The van der Waals surface area contributed by atoms with Gasteiger partial charge in [-0.25, -0.2) is 0 Å². The number of benzene rings is 1. The van der Waals surface area contributed by atoms with Crippen molar-refractivity contribution in [3.63, 3.8) is 0 Å². The lowest BCUT2D eigenvalue weighted by Gasteiger charge is -2.53. The van der Waals surface area contributed by atoms with Crippen LogP contribution in [0.5, 0.6) is 0 Å². The maximum Gasteiger partial charge on any atom is 0.217 e. The van der Waals surface area contributed by atoms with Crippen LogP contribution in [-0.2, 0) is 9.53 Å². The predicted octanol–water partition coefficient (Wildman–Crippen LogP) is 4.36. The molecule has 1 aromatic carbocycles. The van der Waals surface area contributed by atoms with Crippen molar-refractivity contribution < 1.29 is 9.53 Å². The minimum Gasteiger partial charge on any atom is -0.373 e. The van der Waals surface area contributed by atoms with Gasteiger partial charge in [-0.15, -0.1) is 0 Å². The predicted molar refractivity (Wildman–Crippen MR) is 94.8 cm³/mol. The van der Waals surface area contributed by atoms with Crippen LogP contribution in [0.4, 0.5) is 0 Å². The number of ether oxygens (including phenoxy) is 1. The molecule has 1 heterocycles. The average Bonchev–Trinajstić information content (AvgIpc) is 3.01. The van der Waals surface area contributed by atoms with Crippen molar-refractivity contribution >= 4 is 17.5 Å². The highest BCUT2D eigenvalue weighted by molar-refractivity contribution is 6.31. The molecule has 4 heteroatoms. The molecule has 2 bridgehead atoms. The summed E-state index contributed by atoms with van der Waals surface area (Å²) >= 11 is 6.47. The molecule has 2 aliphatic carbocycles. The maximum atomic E-state index is 11.9. The number of halogens is 1. The molecule has 1 aromatic rings. The van der Waals surface area contributed by atoms with E-state index in [0.717, 1.165) is 23.6 Å². The number of hydrogen-bond acceptors (Lipinski definition) is 2. The third-order valence-corrected chi connectivity index (χ3v) is 7.41. The topological polar surface area (TPSA) is 38.3 Å². The van der Waals surface area contributed by atoms with E-state index >= 15 is 0 Å². The van der Waals surface area contributed by atoms with Gasteiger partial charge in [0.1, 0.15) is 0 Å². The van der Waals surface area contributed by atoms with Crippen molar-refractivity contribution in [3.05, 3.63) is 34.9 Å². The zero-order valence-corrected chi connectivity index (χ0v) is 15.4. The van der Waals surface area contributed by atoms with Crippen LogP contribution in [0.25, 0.3) is 0 Å². The number of carbonyl (C=O) groups excluding carboxylic acids is 1. The molecule has 3 nitrogen and oxygen atoms in total. The summed E-state index contributed by atoms with van der Waals surface area (Å²) in [5.41, 5.74) is 1.39. The Bertz CT molecular complexity index is 673. The molecule has 1 spiro atoms. The number of hydrogen-bond donors (Lipinski definition) is 1. The largest absolute Gasteiger partial charge is 0.373 e. The summed E-state index contributed by atoms with van der Waals surface area (Å²) in [5.74, 6) is 1.14. The molecule has 1 amide bonds. The summed E-state index contributed by atoms with van der Waals surface area (Å²) in [7, 11) is 0. The second-order valence-corrected chi connectivity index (χ2v) is 8.90. The van der Waals surface area contributed by atoms with E-state index in [1.54, 1.807) is 6.92 Å². The molecule has 3 fully saturated rings. The van der Waals surface area contributed by atoms with Gasteiger partial charge >= 0.3 is 0 Å². The van der Waals surface area contributed by atoms with Crippen LogP contribution >= 0.6 is 11.6 Å². The molecule has 0 aromatic heterocycles. The third-order valence-electron chi connectivity index (χ3n) is 7.06. The first-order valence-corrected chi connectivity index (χ1v) is 9.37. The van der Waals surface area contributed by atoms with Crippen molar-refractivity contribution in [2.24, 2.45) is 22.7 Å². The minimum atomic E-state index is 0.0461. The molecule has 130 valence electrons. The van der Waals surface area contributed by atoms with Gasteiger partial charge in [0.25, 0.3) is 0 Å². The number of amides is 1. The van der Waals surface area contributed by atoms with Gasteiger partial charge in [-0.3, -0.25) is 4.79 Å². The highest BCUT2D eigenvalue weighted by Gasteiger charge is 2.68. The van der Waals surface area contributed by atoms with Gasteiger partial charge < -0.3 is 10.1 Å². The number of rotatable bonds is 2. The van der Waals surface area contributed by atoms with Gasteiger partial charge in [0.2, 0.25) is 5.91 Å². The first-order chi connectivity index (χ1) is 11.4. The van der Waals surface area contributed by atoms with Gasteiger partial charge in [-0.05, 0) is 53.6 Å². The van der Waals surface area contributed by atoms with E-state index in [-0.39, 0.29) is 28.9 Å². The van der Waals surface area contributed by atoms with E-state index in [2.05, 4.69) is 25.2 Å². The lowest BCUT2D eigenvalue weighted by Crippen LogP contribution is -2.58. The second-order valence-electron chi connectivity index (χ2n) is 8.49. The third kappa shape index (κ3) is 2.17. The number of nitrogens with one attached hydrogen (secondary N) is 1. The van der Waals surface area contributed by atoms with Gasteiger partial charge in [-0.1, -0.05) is 43.6 Å². The minimum absolute atomic E-state index is 0.0461. The Morgan fingerprint density at radius 2 is 2.08 bits per heavy atom. The molecular weight excluding hydrogens is 322 g/mol. The van der Waals surface area contributed by atoms with Crippen molar-refractivity contribution in [2.75, 3.05) is 6.61 Å². The van der Waals surface area contributed by atoms with E-state index in [1.807, 2.05) is 18.2 Å². The molecule has 0 radical (unpaired) electrons. The lowest BCUT2D eigenvalue weighted by atomic mass is 9.59. The summed E-state index contributed by atoms with van der Waals surface area (Å²) in [6, 6.07) is 8.27. The van der Waals surface area contributed by atoms with Gasteiger partial charge in [0.15, 0.2) is 0 Å². The van der Waals surface area contributed by atoms with E-state index < -0.39 is 0 Å². The average molecular weight is 348 g/mol. The van der Waals surface area contributed by atoms with E-state index in [9.17, 15) is 4.79 Å². The fourth-order valence-electron chi connectivity index (χ4n) is 6.00. The van der Waals surface area contributed by atoms with Gasteiger partial charge in [-0.2, -0.15) is 0 Å². The Morgan fingerprint density at radius 3 is 2.79 bits per heavy atom. The summed E-state index contributed by atoms with van der Waals surface area (Å²) in [4.78, 5) is 11.9. The molecular formula is C20H26ClNO2. The quantitative estimate of drug-likeness (QED) is 0.863. The van der Waals surface area contributed by atoms with Crippen molar-refractivity contribution in [3.8, 4) is 0 Å². The number of fused-ring (bicyclic) bond motifs is 1. The highest BCUT2D eigenvalue weighted by Crippen LogP contribution is 2.70. The fourth-order valence-corrected chi connectivity index (χ4v) is 6.25. The lowest BCUT2D eigenvalue weighted by molar-refractivity contribution is -0.135. The zero-order chi connectivity index (χ0) is 17.1. The number of carbonyl (C=O) groups is 1. The van der Waals surface area contributed by atoms with Crippen molar-refractivity contribution in [1.29, 1.82) is 0 Å². The normalized spacial score (nSPS) is 39.5. The van der Waals surface area contributed by atoms with Crippen LogP contribution in [0.15, 0.2) is 24.3 Å². The first-order valence-electron chi connectivity index (χ1n) is 8.99. The van der Waals surface area contributed by atoms with E-state index in [0.29, 0.717) is 11.8 Å². The van der Waals surface area contributed by atoms with Crippen LogP contribution in [0.3, 0.4) is 0 Å². The smallest absolute Gasteiger partial charge is 0.217 e. The molecule has 1 saturated heterocycles. The molecule has 1 N–H and O–H groups in total. The SMILES string of the molecule is CC(=O)N[C@H]1C(C)(C)[C@@H]2C[C@@H]3[C@@H](c4ccccc4Cl)OCC[C@@]31C2. The molecule has 3 aliphatic rings. The zero-order valence-electron chi connectivity index (χ0n) is 14.6. The maximum absolute atomic E-state index is 11.9. The van der Waals surface area contributed by atoms with E-state index in [4.69, 9.17) is 16.3 Å².